The minimum Gasteiger partial charge on any atom is -0.378 e. The predicted molar refractivity (Wildman–Crippen MR) is 110 cm³/mol. The van der Waals surface area contributed by atoms with Crippen LogP contribution < -0.4 is 10.2 Å². The molecule has 0 aliphatic carbocycles. The molecule has 3 aromatic rings. The number of benzene rings is 2. The van der Waals surface area contributed by atoms with E-state index in [1.165, 1.54) is 16.9 Å². The van der Waals surface area contributed by atoms with E-state index in [9.17, 15) is 4.79 Å². The van der Waals surface area contributed by atoms with Gasteiger partial charge in [-0.25, -0.2) is 4.98 Å². The molecule has 1 N–H and O–H groups in total. The number of anilines is 2. The van der Waals surface area contributed by atoms with Gasteiger partial charge in [0.1, 0.15) is 10.7 Å². The third-order valence-electron chi connectivity index (χ3n) is 4.54. The minimum absolute atomic E-state index is 0.190. The number of hydrogen-bond acceptors (Lipinski definition) is 5. The Kier molecular flexibility index (Phi) is 5.18. The third-order valence-corrected chi connectivity index (χ3v) is 5.43. The largest absolute Gasteiger partial charge is 0.378 e. The summed E-state index contributed by atoms with van der Waals surface area (Å²) in [5.41, 5.74) is 4.48. The van der Waals surface area contributed by atoms with Crippen molar-refractivity contribution in [3.8, 4) is 10.6 Å². The number of rotatable bonds is 4. The molecular weight excluding hydrogens is 358 g/mol. The Morgan fingerprint density at radius 2 is 1.85 bits per heavy atom. The third kappa shape index (κ3) is 4.02. The van der Waals surface area contributed by atoms with Crippen LogP contribution in [0.2, 0.25) is 0 Å². The average Bonchev–Trinajstić information content (AvgIpc) is 3.20. The lowest BCUT2D eigenvalue weighted by molar-refractivity contribution is 0.102. The normalized spacial score (nSPS) is 14.2. The van der Waals surface area contributed by atoms with Gasteiger partial charge in [0, 0.05) is 24.0 Å². The van der Waals surface area contributed by atoms with Crippen molar-refractivity contribution in [2.45, 2.75) is 6.92 Å². The van der Waals surface area contributed by atoms with Gasteiger partial charge in [0.15, 0.2) is 0 Å². The summed E-state index contributed by atoms with van der Waals surface area (Å²) in [5, 5.41) is 5.68. The molecule has 0 saturated carbocycles. The number of para-hydroxylation sites is 2. The molecule has 1 fully saturated rings. The summed E-state index contributed by atoms with van der Waals surface area (Å²) in [4.78, 5) is 19.5. The van der Waals surface area contributed by atoms with Crippen molar-refractivity contribution in [1.29, 1.82) is 0 Å². The number of aromatic nitrogens is 1. The fourth-order valence-electron chi connectivity index (χ4n) is 3.05. The first-order valence-corrected chi connectivity index (χ1v) is 9.84. The van der Waals surface area contributed by atoms with Crippen LogP contribution in [0.1, 0.15) is 16.1 Å². The molecule has 1 aliphatic heterocycles. The Labute approximate surface area is 162 Å². The second-order valence-corrected chi connectivity index (χ2v) is 7.33. The van der Waals surface area contributed by atoms with Crippen molar-refractivity contribution >= 4 is 28.6 Å². The summed E-state index contributed by atoms with van der Waals surface area (Å²) >= 11 is 1.48. The Hall–Kier alpha value is -2.70. The molecule has 0 bridgehead atoms. The Balaban J connectivity index is 1.52. The summed E-state index contributed by atoms with van der Waals surface area (Å²) in [5.74, 6) is -0.190. The highest BCUT2D eigenvalue weighted by Crippen LogP contribution is 2.28. The van der Waals surface area contributed by atoms with Crippen LogP contribution in [0, 0.1) is 6.92 Å². The first kappa shape index (κ1) is 17.7. The van der Waals surface area contributed by atoms with Crippen molar-refractivity contribution in [1.82, 2.24) is 4.98 Å². The summed E-state index contributed by atoms with van der Waals surface area (Å²) < 4.78 is 5.43. The standard InChI is InChI=1S/C21H21N3O2S/c1-15-6-8-16(9-7-15)21-23-18(14-27-21)20(25)22-17-4-2-3-5-19(17)24-10-12-26-13-11-24/h2-9,14H,10-13H2,1H3,(H,22,25). The van der Waals surface area contributed by atoms with Crippen molar-refractivity contribution in [3.63, 3.8) is 0 Å². The lowest BCUT2D eigenvalue weighted by atomic mass is 10.2. The molecule has 0 atom stereocenters. The first-order chi connectivity index (χ1) is 13.2. The van der Waals surface area contributed by atoms with Crippen molar-refractivity contribution < 1.29 is 9.53 Å². The van der Waals surface area contributed by atoms with E-state index in [4.69, 9.17) is 4.74 Å². The molecule has 1 saturated heterocycles. The van der Waals surface area contributed by atoms with Crippen LogP contribution in [0.3, 0.4) is 0 Å². The van der Waals surface area contributed by atoms with E-state index in [2.05, 4.69) is 34.3 Å². The van der Waals surface area contributed by atoms with Gasteiger partial charge >= 0.3 is 0 Å². The maximum atomic E-state index is 12.7. The van der Waals surface area contributed by atoms with E-state index in [1.54, 1.807) is 0 Å². The molecule has 1 aliphatic rings. The van der Waals surface area contributed by atoms with Crippen molar-refractivity contribution in [2.75, 3.05) is 36.5 Å². The highest BCUT2D eigenvalue weighted by Gasteiger charge is 2.17. The van der Waals surface area contributed by atoms with E-state index in [0.717, 1.165) is 35.0 Å². The van der Waals surface area contributed by atoms with Crippen LogP contribution in [-0.2, 0) is 4.74 Å². The molecule has 0 unspecified atom stereocenters. The second kappa shape index (κ2) is 7.90. The van der Waals surface area contributed by atoms with Crippen LogP contribution >= 0.6 is 11.3 Å². The lowest BCUT2D eigenvalue weighted by Gasteiger charge is -2.30. The number of nitrogens with zero attached hydrogens (tertiary/aromatic N) is 2. The Bertz CT molecular complexity index is 931. The molecule has 4 rings (SSSR count). The van der Waals surface area contributed by atoms with Crippen LogP contribution in [0.15, 0.2) is 53.9 Å². The van der Waals surface area contributed by atoms with E-state index in [0.29, 0.717) is 18.9 Å². The lowest BCUT2D eigenvalue weighted by Crippen LogP contribution is -2.36. The first-order valence-electron chi connectivity index (χ1n) is 8.96. The fraction of sp³-hybridized carbons (Fsp3) is 0.238. The highest BCUT2D eigenvalue weighted by molar-refractivity contribution is 7.13. The number of aryl methyl sites for hydroxylation is 1. The topological polar surface area (TPSA) is 54.5 Å². The second-order valence-electron chi connectivity index (χ2n) is 6.47. The number of hydrogen-bond donors (Lipinski definition) is 1. The van der Waals surface area contributed by atoms with Crippen LogP contribution in [-0.4, -0.2) is 37.2 Å². The number of amides is 1. The number of carbonyl (C=O) groups excluding carboxylic acids is 1. The minimum atomic E-state index is -0.190. The van der Waals surface area contributed by atoms with Crippen LogP contribution in [0.4, 0.5) is 11.4 Å². The molecule has 2 heterocycles. The molecule has 1 aromatic heterocycles. The Morgan fingerprint density at radius 1 is 1.11 bits per heavy atom. The van der Waals surface area contributed by atoms with E-state index in [-0.39, 0.29) is 5.91 Å². The summed E-state index contributed by atoms with van der Waals surface area (Å²) in [7, 11) is 0. The number of morpholine rings is 1. The van der Waals surface area contributed by atoms with Gasteiger partial charge in [-0.15, -0.1) is 11.3 Å². The van der Waals surface area contributed by atoms with Gasteiger partial charge < -0.3 is 15.0 Å². The molecule has 5 nitrogen and oxygen atoms in total. The van der Waals surface area contributed by atoms with E-state index < -0.39 is 0 Å². The maximum Gasteiger partial charge on any atom is 0.275 e. The molecule has 0 spiro atoms. The average molecular weight is 379 g/mol. The number of thiazole rings is 1. The predicted octanol–water partition coefficient (Wildman–Crippen LogP) is 4.21. The zero-order valence-electron chi connectivity index (χ0n) is 15.1. The van der Waals surface area contributed by atoms with Gasteiger partial charge in [-0.1, -0.05) is 42.0 Å². The molecule has 2 aromatic carbocycles. The summed E-state index contributed by atoms with van der Waals surface area (Å²) in [6.45, 7) is 5.10. The van der Waals surface area contributed by atoms with Crippen molar-refractivity contribution in [2.24, 2.45) is 0 Å². The molecular formula is C21H21N3O2S. The molecule has 0 radical (unpaired) electrons. The van der Waals surface area contributed by atoms with Crippen LogP contribution in [0.25, 0.3) is 10.6 Å². The summed E-state index contributed by atoms with van der Waals surface area (Å²) in [6.07, 6.45) is 0. The molecule has 1 amide bonds. The fourth-order valence-corrected chi connectivity index (χ4v) is 3.86. The number of nitrogens with one attached hydrogen (secondary N) is 1. The molecule has 6 heteroatoms. The highest BCUT2D eigenvalue weighted by atomic mass is 32.1. The van der Waals surface area contributed by atoms with Gasteiger partial charge in [-0.2, -0.15) is 0 Å². The van der Waals surface area contributed by atoms with Gasteiger partial charge in [-0.3, -0.25) is 4.79 Å². The molecule has 27 heavy (non-hydrogen) atoms. The zero-order valence-corrected chi connectivity index (χ0v) is 16.0. The smallest absolute Gasteiger partial charge is 0.275 e. The monoisotopic (exact) mass is 379 g/mol. The number of carbonyl (C=O) groups is 1. The Morgan fingerprint density at radius 3 is 2.63 bits per heavy atom. The molecule has 138 valence electrons. The number of ether oxygens (including phenoxy) is 1. The van der Waals surface area contributed by atoms with E-state index >= 15 is 0 Å². The maximum absolute atomic E-state index is 12.7. The van der Waals surface area contributed by atoms with Gasteiger partial charge in [-0.05, 0) is 19.1 Å². The van der Waals surface area contributed by atoms with Gasteiger partial charge in [0.25, 0.3) is 5.91 Å². The van der Waals surface area contributed by atoms with E-state index in [1.807, 2.05) is 41.8 Å². The SMILES string of the molecule is Cc1ccc(-c2nc(C(=O)Nc3ccccc3N3CCOCC3)cs2)cc1. The zero-order chi connectivity index (χ0) is 18.6. The van der Waals surface area contributed by atoms with Crippen molar-refractivity contribution in [3.05, 3.63) is 65.2 Å². The quantitative estimate of drug-likeness (QED) is 0.738. The van der Waals surface area contributed by atoms with Gasteiger partial charge in [0.2, 0.25) is 0 Å². The van der Waals surface area contributed by atoms with Gasteiger partial charge in [0.05, 0.1) is 24.6 Å². The summed E-state index contributed by atoms with van der Waals surface area (Å²) in [6, 6.07) is 16.0. The van der Waals surface area contributed by atoms with Crippen LogP contribution in [0.5, 0.6) is 0 Å².